The monoisotopic (exact) mass is 358 g/mol. The number of nitrogens with one attached hydrogen (secondary N) is 2. The van der Waals surface area contributed by atoms with Crippen molar-refractivity contribution < 1.29 is 19.1 Å². The zero-order valence-corrected chi connectivity index (χ0v) is 15.0. The van der Waals surface area contributed by atoms with Gasteiger partial charge in [-0.25, -0.2) is 14.6 Å². The summed E-state index contributed by atoms with van der Waals surface area (Å²) in [5.41, 5.74) is 1.21. The van der Waals surface area contributed by atoms with Crippen LogP contribution in [0.2, 0.25) is 0 Å². The van der Waals surface area contributed by atoms with Gasteiger partial charge in [-0.3, -0.25) is 5.32 Å². The lowest BCUT2D eigenvalue weighted by Gasteiger charge is -2.30. The molecule has 26 heavy (non-hydrogen) atoms. The smallest absolute Gasteiger partial charge is 0.356 e. The van der Waals surface area contributed by atoms with Gasteiger partial charge in [-0.2, -0.15) is 0 Å². The van der Waals surface area contributed by atoms with Crippen molar-refractivity contribution in [3.05, 3.63) is 41.7 Å². The van der Waals surface area contributed by atoms with Crippen molar-refractivity contribution in [2.75, 3.05) is 11.9 Å². The van der Waals surface area contributed by atoms with E-state index in [-0.39, 0.29) is 30.4 Å². The van der Waals surface area contributed by atoms with E-state index in [0.29, 0.717) is 6.42 Å². The molecule has 3 rings (SSSR count). The summed E-state index contributed by atoms with van der Waals surface area (Å²) in [6.07, 6.45) is 2.04. The molecule has 1 aromatic heterocycles. The van der Waals surface area contributed by atoms with Gasteiger partial charge < -0.3 is 19.4 Å². The fraction of sp³-hybridized carbons (Fsp3) is 0.389. The Morgan fingerprint density at radius 3 is 2.92 bits per heavy atom. The van der Waals surface area contributed by atoms with Crippen LogP contribution in [0.4, 0.5) is 10.7 Å². The maximum absolute atomic E-state index is 12.4. The molecular formula is C18H22N4O4. The van der Waals surface area contributed by atoms with E-state index in [4.69, 9.17) is 9.47 Å². The van der Waals surface area contributed by atoms with Gasteiger partial charge in [0.05, 0.1) is 24.9 Å². The van der Waals surface area contributed by atoms with Gasteiger partial charge in [-0.15, -0.1) is 0 Å². The highest BCUT2D eigenvalue weighted by molar-refractivity contribution is 5.91. The number of fused-ring (bicyclic) bond motifs is 1. The van der Waals surface area contributed by atoms with Crippen molar-refractivity contribution in [2.45, 2.75) is 32.4 Å². The number of nitrogens with zero attached hydrogens (tertiary/aromatic N) is 2. The molecule has 1 aromatic carbocycles. The van der Waals surface area contributed by atoms with Crippen LogP contribution in [0.25, 0.3) is 0 Å². The summed E-state index contributed by atoms with van der Waals surface area (Å²) in [6, 6.07) is 7.07. The average Bonchev–Trinajstić information content (AvgIpc) is 2.95. The van der Waals surface area contributed by atoms with Crippen molar-refractivity contribution in [1.82, 2.24) is 14.9 Å². The summed E-state index contributed by atoms with van der Waals surface area (Å²) in [5.74, 6) is 0.556. The number of rotatable bonds is 4. The molecule has 2 atom stereocenters. The molecule has 1 aliphatic rings. The van der Waals surface area contributed by atoms with Gasteiger partial charge >= 0.3 is 12.0 Å². The predicted molar refractivity (Wildman–Crippen MR) is 95.2 cm³/mol. The van der Waals surface area contributed by atoms with Crippen LogP contribution >= 0.6 is 0 Å². The Labute approximate surface area is 151 Å². The molecular weight excluding hydrogens is 336 g/mol. The second-order valence-electron chi connectivity index (χ2n) is 6.10. The number of hydrogen-bond acceptors (Lipinski definition) is 5. The van der Waals surface area contributed by atoms with Gasteiger partial charge in [0, 0.05) is 19.0 Å². The quantitative estimate of drug-likeness (QED) is 0.820. The fourth-order valence-corrected chi connectivity index (χ4v) is 2.95. The Morgan fingerprint density at radius 1 is 1.38 bits per heavy atom. The van der Waals surface area contributed by atoms with Gasteiger partial charge in [0.25, 0.3) is 0 Å². The number of imidazole rings is 1. The number of amides is 2. The lowest BCUT2D eigenvalue weighted by atomic mass is 9.97. The number of para-hydroxylation sites is 1. The highest BCUT2D eigenvalue weighted by atomic mass is 16.5. The molecule has 0 saturated heterocycles. The Bertz CT molecular complexity index is 817. The van der Waals surface area contributed by atoms with Gasteiger partial charge in [-0.05, 0) is 19.9 Å². The molecule has 0 saturated carbocycles. The first-order valence-corrected chi connectivity index (χ1v) is 8.51. The molecule has 2 amide bonds. The fourth-order valence-electron chi connectivity index (χ4n) is 2.95. The third kappa shape index (κ3) is 3.63. The SMILES string of the molecule is CCOC(=O)c1cnc(NC(=O)N[C@@H]2C[C@@H](C)Oc3ccccc32)n1C. The molecule has 2 heterocycles. The van der Waals surface area contributed by atoms with Gasteiger partial charge in [0.1, 0.15) is 11.4 Å². The molecule has 0 bridgehead atoms. The van der Waals surface area contributed by atoms with Crippen molar-refractivity contribution in [3.8, 4) is 5.75 Å². The number of carbonyl (C=O) groups excluding carboxylic acids is 2. The molecule has 8 nitrogen and oxygen atoms in total. The minimum atomic E-state index is -0.483. The standard InChI is InChI=1S/C18H22N4O4/c1-4-25-16(23)14-10-19-17(22(14)3)21-18(24)20-13-9-11(2)26-15-8-6-5-7-12(13)15/h5-8,10-11,13H,4,9H2,1-3H3,(H2,19,20,21,24)/t11-,13-/m1/s1. The third-order valence-corrected chi connectivity index (χ3v) is 4.19. The number of benzene rings is 1. The normalized spacial score (nSPS) is 18.4. The van der Waals surface area contributed by atoms with E-state index in [2.05, 4.69) is 15.6 Å². The van der Waals surface area contributed by atoms with Crippen molar-refractivity contribution in [1.29, 1.82) is 0 Å². The largest absolute Gasteiger partial charge is 0.490 e. The summed E-state index contributed by atoms with van der Waals surface area (Å²) in [7, 11) is 1.64. The number of aromatic nitrogens is 2. The van der Waals surface area contributed by atoms with Gasteiger partial charge in [0.2, 0.25) is 5.95 Å². The summed E-state index contributed by atoms with van der Waals surface area (Å²) in [5, 5.41) is 5.62. The number of ether oxygens (including phenoxy) is 2. The molecule has 2 aromatic rings. The first-order chi connectivity index (χ1) is 12.5. The van der Waals surface area contributed by atoms with Crippen LogP contribution in [0.15, 0.2) is 30.5 Å². The van der Waals surface area contributed by atoms with Crippen LogP contribution < -0.4 is 15.4 Å². The molecule has 0 spiro atoms. The predicted octanol–water partition coefficient (Wildman–Crippen LogP) is 2.63. The van der Waals surface area contributed by atoms with Gasteiger partial charge in [-0.1, -0.05) is 18.2 Å². The zero-order valence-electron chi connectivity index (χ0n) is 15.0. The highest BCUT2D eigenvalue weighted by Gasteiger charge is 2.27. The lowest BCUT2D eigenvalue weighted by molar-refractivity contribution is 0.0515. The van der Waals surface area contributed by atoms with Crippen LogP contribution in [0.3, 0.4) is 0 Å². The minimum Gasteiger partial charge on any atom is -0.490 e. The minimum absolute atomic E-state index is 0.00113. The van der Waals surface area contributed by atoms with Crippen LogP contribution in [0.1, 0.15) is 42.4 Å². The Balaban J connectivity index is 1.69. The molecule has 0 fully saturated rings. The van der Waals surface area contributed by atoms with E-state index in [9.17, 15) is 9.59 Å². The Hall–Kier alpha value is -3.03. The third-order valence-electron chi connectivity index (χ3n) is 4.19. The van der Waals surface area contributed by atoms with E-state index in [1.165, 1.54) is 10.8 Å². The lowest BCUT2D eigenvalue weighted by Crippen LogP contribution is -2.37. The van der Waals surface area contributed by atoms with Crippen LogP contribution in [-0.2, 0) is 11.8 Å². The number of anilines is 1. The van der Waals surface area contributed by atoms with Crippen LogP contribution in [0, 0.1) is 0 Å². The number of carbonyl (C=O) groups is 2. The van der Waals surface area contributed by atoms with E-state index >= 15 is 0 Å². The second kappa shape index (κ2) is 7.47. The van der Waals surface area contributed by atoms with Crippen molar-refractivity contribution in [3.63, 3.8) is 0 Å². The Kier molecular flexibility index (Phi) is 5.11. The number of hydrogen-bond donors (Lipinski definition) is 2. The number of urea groups is 1. The summed E-state index contributed by atoms with van der Waals surface area (Å²) in [6.45, 7) is 3.97. The first kappa shape index (κ1) is 17.8. The highest BCUT2D eigenvalue weighted by Crippen LogP contribution is 2.34. The number of esters is 1. The van der Waals surface area contributed by atoms with E-state index in [0.717, 1.165) is 11.3 Å². The van der Waals surface area contributed by atoms with Crippen molar-refractivity contribution in [2.24, 2.45) is 7.05 Å². The molecule has 1 aliphatic heterocycles. The second-order valence-corrected chi connectivity index (χ2v) is 6.10. The topological polar surface area (TPSA) is 94.5 Å². The first-order valence-electron chi connectivity index (χ1n) is 8.51. The maximum atomic E-state index is 12.4. The molecule has 0 radical (unpaired) electrons. The van der Waals surface area contributed by atoms with E-state index in [1.54, 1.807) is 14.0 Å². The van der Waals surface area contributed by atoms with Gasteiger partial charge in [0.15, 0.2) is 0 Å². The molecule has 0 unspecified atom stereocenters. The van der Waals surface area contributed by atoms with Crippen LogP contribution in [0.5, 0.6) is 5.75 Å². The van der Waals surface area contributed by atoms with E-state index in [1.807, 2.05) is 31.2 Å². The van der Waals surface area contributed by atoms with Crippen LogP contribution in [-0.4, -0.2) is 34.3 Å². The summed E-state index contributed by atoms with van der Waals surface area (Å²) >= 11 is 0. The molecule has 0 aliphatic carbocycles. The average molecular weight is 358 g/mol. The van der Waals surface area contributed by atoms with Crippen molar-refractivity contribution >= 4 is 17.9 Å². The summed E-state index contributed by atoms with van der Waals surface area (Å²) in [4.78, 5) is 28.3. The Morgan fingerprint density at radius 2 is 2.15 bits per heavy atom. The zero-order chi connectivity index (χ0) is 18.7. The van der Waals surface area contributed by atoms with E-state index < -0.39 is 12.0 Å². The maximum Gasteiger partial charge on any atom is 0.356 e. The molecule has 138 valence electrons. The molecule has 8 heteroatoms. The summed E-state index contributed by atoms with van der Waals surface area (Å²) < 4.78 is 12.2. The molecule has 2 N–H and O–H groups in total.